The summed E-state index contributed by atoms with van der Waals surface area (Å²) in [5.41, 5.74) is 16.8. The number of ether oxygens (including phenoxy) is 5. The predicted octanol–water partition coefficient (Wildman–Crippen LogP) is 26.8. The summed E-state index contributed by atoms with van der Waals surface area (Å²) >= 11 is 9.82. The number of phenols is 1. The van der Waals surface area contributed by atoms with E-state index in [1.54, 1.807) is 19.9 Å². The molecular weight excluding hydrogens is 1390 g/mol. The molecule has 9 aromatic carbocycles. The molecule has 102 heavy (non-hydrogen) atoms. The second-order valence-corrected chi connectivity index (χ2v) is 29.7. The number of thiol groups is 1. The van der Waals surface area contributed by atoms with Gasteiger partial charge in [-0.3, -0.25) is 9.59 Å². The highest BCUT2D eigenvalue weighted by molar-refractivity contribution is 9.11. The molecule has 0 atom stereocenters. The molecule has 0 aromatic heterocycles. The highest BCUT2D eigenvalue weighted by Gasteiger charge is 2.13. The van der Waals surface area contributed by atoms with Crippen molar-refractivity contribution in [3.8, 4) is 101 Å². The van der Waals surface area contributed by atoms with Crippen molar-refractivity contribution < 1.29 is 38.4 Å². The zero-order valence-corrected chi connectivity index (χ0v) is 66.0. The first kappa shape index (κ1) is 83.6. The van der Waals surface area contributed by atoms with Gasteiger partial charge in [-0.2, -0.15) is 12.6 Å². The number of halogens is 1. The highest BCUT2D eigenvalue weighted by Crippen LogP contribution is 2.37. The van der Waals surface area contributed by atoms with Crippen molar-refractivity contribution in [3.63, 3.8) is 0 Å². The van der Waals surface area contributed by atoms with E-state index in [0.717, 1.165) is 142 Å². The fourth-order valence-corrected chi connectivity index (χ4v) is 13.0. The van der Waals surface area contributed by atoms with Crippen molar-refractivity contribution in [2.24, 2.45) is 0 Å². The zero-order chi connectivity index (χ0) is 72.9. The summed E-state index contributed by atoms with van der Waals surface area (Å²) in [7, 11) is 0. The summed E-state index contributed by atoms with van der Waals surface area (Å²) in [6.07, 6.45) is 23.7. The minimum absolute atomic E-state index is 0.0518. The first-order valence-corrected chi connectivity index (χ1v) is 40.7. The van der Waals surface area contributed by atoms with Gasteiger partial charge >= 0.3 is 0 Å². The van der Waals surface area contributed by atoms with Crippen LogP contribution >= 0.6 is 52.1 Å². The number of unbranched alkanes of at least 4 members (excludes halogenated alkanes) is 15. The molecule has 0 saturated heterocycles. The lowest BCUT2D eigenvalue weighted by molar-refractivity contribution is -0.109. The van der Waals surface area contributed by atoms with Crippen LogP contribution in [0.25, 0.3) is 66.8 Å². The van der Waals surface area contributed by atoms with Gasteiger partial charge in [-0.25, -0.2) is 0 Å². The fraction of sp³-hybridized carbons (Fsp3) is 0.378. The van der Waals surface area contributed by atoms with Crippen LogP contribution in [0.4, 0.5) is 0 Å². The molecule has 0 bridgehead atoms. The molecule has 0 aliphatic heterocycles. The summed E-state index contributed by atoms with van der Waals surface area (Å²) in [6, 6.07) is 69.0. The Balaban J connectivity index is 0.000000235. The molecule has 0 spiro atoms. The minimum atomic E-state index is 0.0518. The van der Waals surface area contributed by atoms with Gasteiger partial charge in [0.05, 0.1) is 31.1 Å². The van der Waals surface area contributed by atoms with Crippen molar-refractivity contribution >= 4 is 62.3 Å². The van der Waals surface area contributed by atoms with E-state index in [1.807, 2.05) is 56.3 Å². The van der Waals surface area contributed by atoms with Gasteiger partial charge in [0.15, 0.2) is 10.2 Å². The molecule has 9 rings (SSSR count). The fourth-order valence-electron chi connectivity index (χ4n) is 11.3. The number of aryl methyl sites for hydroxylation is 3. The third-order valence-corrected chi connectivity index (χ3v) is 19.3. The van der Waals surface area contributed by atoms with E-state index in [4.69, 9.17) is 23.7 Å². The van der Waals surface area contributed by atoms with Crippen LogP contribution in [0, 0.1) is 20.8 Å². The molecule has 0 unspecified atom stereocenters. The molecule has 0 fully saturated rings. The molecule has 1 N–H and O–H groups in total. The van der Waals surface area contributed by atoms with E-state index in [2.05, 4.69) is 208 Å². The highest BCUT2D eigenvalue weighted by atomic mass is 79.9. The van der Waals surface area contributed by atoms with Crippen LogP contribution in [0.5, 0.6) is 34.5 Å². The largest absolute Gasteiger partial charge is 0.507 e. The van der Waals surface area contributed by atoms with Crippen molar-refractivity contribution in [1.82, 2.24) is 0 Å². The number of hydrogen-bond acceptors (Lipinski definition) is 11. The maximum atomic E-state index is 11.2. The number of benzene rings is 9. The first-order valence-electron chi connectivity index (χ1n) is 36.9. The first-order chi connectivity index (χ1) is 49.7. The number of thioether (sulfide) groups is 2. The Labute approximate surface area is 634 Å². The zero-order valence-electron chi connectivity index (χ0n) is 61.9. The Bertz CT molecular complexity index is 3780. The van der Waals surface area contributed by atoms with E-state index in [-0.39, 0.29) is 10.2 Å². The predicted molar refractivity (Wildman–Crippen MR) is 444 cm³/mol. The van der Waals surface area contributed by atoms with E-state index >= 15 is 0 Å². The molecule has 0 radical (unpaired) electrons. The number of alkyl halides is 1. The van der Waals surface area contributed by atoms with E-state index < -0.39 is 0 Å². The van der Waals surface area contributed by atoms with Gasteiger partial charge in [0.25, 0.3) is 0 Å². The Morgan fingerprint density at radius 1 is 0.343 bits per heavy atom. The second-order valence-electron chi connectivity index (χ2n) is 25.7. The van der Waals surface area contributed by atoms with Gasteiger partial charge in [-0.15, -0.1) is 0 Å². The van der Waals surface area contributed by atoms with Crippen molar-refractivity contribution in [3.05, 3.63) is 217 Å². The van der Waals surface area contributed by atoms with Gasteiger partial charge < -0.3 is 28.8 Å². The number of aromatic hydroxyl groups is 1. The lowest BCUT2D eigenvalue weighted by atomic mass is 9.99. The maximum Gasteiger partial charge on any atom is 0.189 e. The number of phenolic OH excluding ortho intramolecular Hbond substituents is 1. The van der Waals surface area contributed by atoms with Crippen molar-refractivity contribution in [2.75, 3.05) is 42.8 Å². The Morgan fingerprint density at radius 2 is 0.627 bits per heavy atom. The Hall–Kier alpha value is -7.35. The average Bonchev–Trinajstić information content (AvgIpc) is 0.832. The van der Waals surface area contributed by atoms with Crippen LogP contribution < -0.4 is 23.7 Å². The lowest BCUT2D eigenvalue weighted by Gasteiger charge is -2.13. The van der Waals surface area contributed by atoms with Gasteiger partial charge in [-0.1, -0.05) is 284 Å². The summed E-state index contributed by atoms with van der Waals surface area (Å²) in [5, 5.41) is 10.4. The van der Waals surface area contributed by atoms with Gasteiger partial charge in [0.2, 0.25) is 0 Å². The quantitative estimate of drug-likeness (QED) is 0.0168. The average molecular weight is 1500 g/mol. The maximum absolute atomic E-state index is 11.2. The molecule has 544 valence electrons. The van der Waals surface area contributed by atoms with Crippen LogP contribution in [0.15, 0.2) is 200 Å². The van der Waals surface area contributed by atoms with Crippen LogP contribution in [0.1, 0.15) is 173 Å². The third-order valence-electron chi connectivity index (χ3n) is 17.2. The second kappa shape index (κ2) is 49.3. The van der Waals surface area contributed by atoms with Crippen molar-refractivity contribution in [1.29, 1.82) is 0 Å². The Morgan fingerprint density at radius 3 is 0.951 bits per heavy atom. The van der Waals surface area contributed by atoms with E-state index in [0.29, 0.717) is 16.4 Å². The molecule has 0 aliphatic carbocycles. The molecule has 0 heterocycles. The van der Waals surface area contributed by atoms with Crippen LogP contribution in [0.2, 0.25) is 0 Å². The molecular formula is C90H111BrO8S3. The van der Waals surface area contributed by atoms with Crippen molar-refractivity contribution in [2.45, 2.75) is 177 Å². The van der Waals surface area contributed by atoms with Gasteiger partial charge in [0.1, 0.15) is 40.4 Å². The molecule has 0 amide bonds. The van der Waals surface area contributed by atoms with E-state index in [9.17, 15) is 14.7 Å². The third kappa shape index (κ3) is 31.7. The molecule has 8 nitrogen and oxygen atoms in total. The topological polar surface area (TPSA) is 101 Å². The number of carbonyl (C=O) groups is 2. The van der Waals surface area contributed by atoms with Crippen LogP contribution in [0.3, 0.4) is 0 Å². The van der Waals surface area contributed by atoms with E-state index in [1.165, 1.54) is 148 Å². The van der Waals surface area contributed by atoms with Crippen LogP contribution in [-0.2, 0) is 9.59 Å². The summed E-state index contributed by atoms with van der Waals surface area (Å²) in [4.78, 5) is 21.2. The standard InChI is InChI=1S/C36H50O2S.C27H30O3S.C24H26O2.C3H5BrOS/c1-3-4-13-26-37-34-23-21-32(22-24-34)31-17-19-33(20-18-31)35-25-16-30(2)29-36(35)38-27-14-11-9-7-5-6-8-10-12-15-28-39;1-4-5-6-17-29-25-14-12-23(13-15-25)22-8-10-24(11-9-22)26-16-7-20(2)18-27(26)30-19-31-21(3)28;1-3-4-5-16-26-22-13-11-20(12-14-22)19-7-9-21(10-8-19)23-15-6-18(2)17-24(23)25;1-3(5)6-2-4/h16-25,29,39H,3-15,26-28H2,1-2H3;7-16,18H,4-6,17,19H2,1-3H3;6-15,17,25H,3-5,16H2,1-2H3;2H2,1H3. The summed E-state index contributed by atoms with van der Waals surface area (Å²) in [5.74, 6) is 6.25. The smallest absolute Gasteiger partial charge is 0.189 e. The normalized spacial score (nSPS) is 10.7. The summed E-state index contributed by atoms with van der Waals surface area (Å²) < 4.78 is 30.4. The molecule has 9 aromatic rings. The number of hydrogen-bond donors (Lipinski definition) is 2. The van der Waals surface area contributed by atoms with Gasteiger partial charge in [0, 0.05) is 30.5 Å². The molecule has 0 saturated carbocycles. The number of carbonyl (C=O) groups excluding carboxylic acids is 2. The lowest BCUT2D eigenvalue weighted by Crippen LogP contribution is -1.99. The SMILES string of the molecule is CC(=O)SCBr.CCCCCOc1ccc(-c2ccc(-c3ccc(C)cc3O)cc2)cc1.CCCCCOc1ccc(-c2ccc(-c3ccc(C)cc3OCCCCCCCCCCCCS)cc2)cc1.CCCCCOc1ccc(-c2ccc(-c3ccc(C)cc3OCSC(C)=O)cc2)cc1. The monoisotopic (exact) mass is 1490 g/mol. The summed E-state index contributed by atoms with van der Waals surface area (Å²) in [6.45, 7) is 19.0. The Kier molecular flexibility index (Phi) is 40.4. The van der Waals surface area contributed by atoms with Crippen LogP contribution in [-0.4, -0.2) is 58.1 Å². The minimum Gasteiger partial charge on any atom is -0.507 e. The van der Waals surface area contributed by atoms with Gasteiger partial charge in [-0.05, 0) is 192 Å². The molecule has 12 heteroatoms. The molecule has 0 aliphatic rings. The number of rotatable bonds is 38.